The smallest absolute Gasteiger partial charge is 0.303 e. The molecule has 0 spiro atoms. The van der Waals surface area contributed by atoms with Gasteiger partial charge in [-0.15, -0.1) is 11.6 Å². The molecule has 0 heterocycles. The summed E-state index contributed by atoms with van der Waals surface area (Å²) < 4.78 is 0. The van der Waals surface area contributed by atoms with Gasteiger partial charge in [0.2, 0.25) is 0 Å². The number of alkyl halides is 1. The zero-order valence-electron chi connectivity index (χ0n) is 17.2. The van der Waals surface area contributed by atoms with E-state index in [0.717, 1.165) is 30.4 Å². The molecule has 2 unspecified atom stereocenters. The van der Waals surface area contributed by atoms with Gasteiger partial charge in [0.15, 0.2) is 0 Å². The molecular weight excluding hydrogens is 384 g/mol. The molecular formula is C25H29ClO3. The van der Waals surface area contributed by atoms with Gasteiger partial charge in [-0.3, -0.25) is 9.59 Å². The molecule has 29 heavy (non-hydrogen) atoms. The maximum atomic E-state index is 12.6. The van der Waals surface area contributed by atoms with Gasteiger partial charge in [0.1, 0.15) is 5.78 Å². The highest BCUT2D eigenvalue weighted by Gasteiger charge is 2.40. The molecule has 1 aliphatic rings. The minimum Gasteiger partial charge on any atom is -0.481 e. The average molecular weight is 413 g/mol. The van der Waals surface area contributed by atoms with Gasteiger partial charge < -0.3 is 5.11 Å². The fourth-order valence-electron chi connectivity index (χ4n) is 4.50. The molecule has 1 aliphatic carbocycles. The van der Waals surface area contributed by atoms with Gasteiger partial charge in [-0.25, -0.2) is 0 Å². The van der Waals surface area contributed by atoms with Crippen LogP contribution >= 0.6 is 11.6 Å². The lowest BCUT2D eigenvalue weighted by Crippen LogP contribution is -2.21. The van der Waals surface area contributed by atoms with Crippen LogP contribution in [0.25, 0.3) is 0 Å². The molecule has 2 aromatic rings. The van der Waals surface area contributed by atoms with Crippen LogP contribution in [-0.4, -0.2) is 22.2 Å². The number of carboxylic acids is 1. The number of carbonyl (C=O) groups is 2. The average Bonchev–Trinajstić information content (AvgIpc) is 2.93. The maximum Gasteiger partial charge on any atom is 0.303 e. The highest BCUT2D eigenvalue weighted by atomic mass is 35.5. The van der Waals surface area contributed by atoms with Gasteiger partial charge in [0.25, 0.3) is 0 Å². The molecule has 0 amide bonds. The summed E-state index contributed by atoms with van der Waals surface area (Å²) in [6.45, 7) is 4.22. The van der Waals surface area contributed by atoms with Gasteiger partial charge in [0, 0.05) is 24.1 Å². The molecule has 3 nitrogen and oxygen atoms in total. The Kier molecular flexibility index (Phi) is 7.13. The van der Waals surface area contributed by atoms with Crippen LogP contribution in [0, 0.1) is 25.7 Å². The second-order valence-corrected chi connectivity index (χ2v) is 8.90. The molecule has 2 aromatic carbocycles. The highest BCUT2D eigenvalue weighted by molar-refractivity contribution is 6.23. The van der Waals surface area contributed by atoms with Gasteiger partial charge in [-0.1, -0.05) is 48.0 Å². The third kappa shape index (κ3) is 5.70. The van der Waals surface area contributed by atoms with Crippen LogP contribution in [0.4, 0.5) is 0 Å². The van der Waals surface area contributed by atoms with Crippen molar-refractivity contribution in [2.24, 2.45) is 11.8 Å². The molecule has 154 valence electrons. The van der Waals surface area contributed by atoms with E-state index >= 15 is 0 Å². The summed E-state index contributed by atoms with van der Waals surface area (Å²) in [6.07, 6.45) is 3.58. The van der Waals surface area contributed by atoms with Crippen LogP contribution in [0.2, 0.25) is 0 Å². The summed E-state index contributed by atoms with van der Waals surface area (Å²) in [7, 11) is 0. The summed E-state index contributed by atoms with van der Waals surface area (Å²) >= 11 is 6.60. The molecule has 0 aromatic heterocycles. The van der Waals surface area contributed by atoms with E-state index in [2.05, 4.69) is 44.2 Å². The summed E-state index contributed by atoms with van der Waals surface area (Å²) in [5.74, 6) is -0.392. The molecule has 3 atom stereocenters. The molecule has 0 bridgehead atoms. The lowest BCUT2D eigenvalue weighted by Gasteiger charge is -2.21. The fourth-order valence-corrected chi connectivity index (χ4v) is 4.92. The first-order valence-electron chi connectivity index (χ1n) is 10.4. The summed E-state index contributed by atoms with van der Waals surface area (Å²) in [5.41, 5.74) is 5.99. The number of carboxylic acid groups (broad SMARTS) is 1. The zero-order valence-corrected chi connectivity index (χ0v) is 17.9. The first-order chi connectivity index (χ1) is 13.8. The number of carbonyl (C=O) groups excluding carboxylic acids is 1. The number of hydrogen-bond donors (Lipinski definition) is 1. The van der Waals surface area contributed by atoms with Gasteiger partial charge in [0.05, 0.1) is 0 Å². The van der Waals surface area contributed by atoms with Crippen LogP contribution in [0.15, 0.2) is 42.5 Å². The van der Waals surface area contributed by atoms with E-state index in [9.17, 15) is 9.59 Å². The molecule has 3 rings (SSSR count). The normalized spacial score (nSPS) is 21.5. The lowest BCUT2D eigenvalue weighted by atomic mass is 9.84. The number of benzene rings is 2. The predicted molar refractivity (Wildman–Crippen MR) is 117 cm³/mol. The third-order valence-corrected chi connectivity index (χ3v) is 6.58. The molecule has 4 heteroatoms. The monoisotopic (exact) mass is 412 g/mol. The number of aryl methyl sites for hydroxylation is 4. The van der Waals surface area contributed by atoms with Crippen molar-refractivity contribution in [3.63, 3.8) is 0 Å². The van der Waals surface area contributed by atoms with Crippen molar-refractivity contribution in [2.45, 2.75) is 57.7 Å². The van der Waals surface area contributed by atoms with E-state index in [-0.39, 0.29) is 29.4 Å². The number of aliphatic carboxylic acids is 1. The summed E-state index contributed by atoms with van der Waals surface area (Å²) in [6, 6.07) is 14.5. The quantitative estimate of drug-likeness (QED) is 0.598. The van der Waals surface area contributed by atoms with Crippen molar-refractivity contribution in [2.75, 3.05) is 0 Å². The molecule has 0 aliphatic heterocycles. The standard InChI is InChI=1S/C25H29ClO3/c1-16-6-8-20(17(2)12-16)9-10-21-22(23(26)15-24(21)27)14-19-5-3-4-18(13-19)7-11-25(28)29/h3-6,8,12-13,21-23H,7,9-11,14-15H2,1-2H3,(H,28,29)/t21?,22-,23?/m1/s1. The van der Waals surface area contributed by atoms with E-state index in [1.807, 2.05) is 12.1 Å². The topological polar surface area (TPSA) is 54.4 Å². The summed E-state index contributed by atoms with van der Waals surface area (Å²) in [4.78, 5) is 23.5. The van der Waals surface area contributed by atoms with Crippen LogP contribution in [0.1, 0.15) is 47.1 Å². The lowest BCUT2D eigenvalue weighted by molar-refractivity contribution is -0.137. The van der Waals surface area contributed by atoms with Crippen molar-refractivity contribution in [3.05, 3.63) is 70.3 Å². The van der Waals surface area contributed by atoms with Crippen LogP contribution in [0.3, 0.4) is 0 Å². The maximum absolute atomic E-state index is 12.6. The van der Waals surface area contributed by atoms with E-state index in [1.54, 1.807) is 0 Å². The van der Waals surface area contributed by atoms with E-state index in [1.165, 1.54) is 16.7 Å². The largest absolute Gasteiger partial charge is 0.481 e. The first kappa shape index (κ1) is 21.6. The van der Waals surface area contributed by atoms with Crippen LogP contribution < -0.4 is 0 Å². The number of hydrogen-bond acceptors (Lipinski definition) is 2. The third-order valence-electron chi connectivity index (χ3n) is 6.10. The second-order valence-electron chi connectivity index (χ2n) is 8.34. The Morgan fingerprint density at radius 1 is 1.10 bits per heavy atom. The molecule has 0 saturated heterocycles. The minimum atomic E-state index is -0.788. The van der Waals surface area contributed by atoms with E-state index in [4.69, 9.17) is 16.7 Å². The Labute approximate surface area is 178 Å². The fraction of sp³-hybridized carbons (Fsp3) is 0.440. The first-order valence-corrected chi connectivity index (χ1v) is 10.8. The van der Waals surface area contributed by atoms with Crippen molar-refractivity contribution < 1.29 is 14.7 Å². The van der Waals surface area contributed by atoms with E-state index < -0.39 is 5.97 Å². The highest BCUT2D eigenvalue weighted by Crippen LogP contribution is 2.38. The van der Waals surface area contributed by atoms with Crippen molar-refractivity contribution in [3.8, 4) is 0 Å². The molecule has 1 N–H and O–H groups in total. The molecule has 0 radical (unpaired) electrons. The molecule has 1 saturated carbocycles. The van der Waals surface area contributed by atoms with Gasteiger partial charge >= 0.3 is 5.97 Å². The number of ketones is 1. The zero-order chi connectivity index (χ0) is 21.0. The number of halogens is 1. The predicted octanol–water partition coefficient (Wildman–Crippen LogP) is 5.31. The minimum absolute atomic E-state index is 0.0131. The summed E-state index contributed by atoms with van der Waals surface area (Å²) in [5, 5.41) is 8.77. The SMILES string of the molecule is Cc1ccc(CCC2C(=O)CC(Cl)[C@@H]2Cc2cccc(CCC(=O)O)c2)c(C)c1. The Morgan fingerprint density at radius 3 is 2.59 bits per heavy atom. The van der Waals surface area contributed by atoms with Crippen LogP contribution in [-0.2, 0) is 28.9 Å². The van der Waals surface area contributed by atoms with Crippen molar-refractivity contribution in [1.82, 2.24) is 0 Å². The Bertz CT molecular complexity index is 889. The second kappa shape index (κ2) is 9.58. The Morgan fingerprint density at radius 2 is 1.86 bits per heavy atom. The van der Waals surface area contributed by atoms with Crippen LogP contribution in [0.5, 0.6) is 0 Å². The van der Waals surface area contributed by atoms with Gasteiger partial charge in [-0.2, -0.15) is 0 Å². The van der Waals surface area contributed by atoms with Gasteiger partial charge in [-0.05, 0) is 67.7 Å². The number of Topliss-reactive ketones (excluding diaryl/α,β-unsaturated/α-hetero) is 1. The number of rotatable bonds is 8. The van der Waals surface area contributed by atoms with Crippen molar-refractivity contribution in [1.29, 1.82) is 0 Å². The van der Waals surface area contributed by atoms with Crippen molar-refractivity contribution >= 4 is 23.4 Å². The van der Waals surface area contributed by atoms with E-state index in [0.29, 0.717) is 12.8 Å². The Balaban J connectivity index is 1.69. The molecule has 1 fully saturated rings. The Hall–Kier alpha value is -2.13.